The van der Waals surface area contributed by atoms with Gasteiger partial charge in [-0.05, 0) is 54.7 Å². The number of carbonyl (C=O) groups excluding carboxylic acids is 2. The molecule has 1 fully saturated rings. The summed E-state index contributed by atoms with van der Waals surface area (Å²) in [6, 6.07) is 12.8. The van der Waals surface area contributed by atoms with Crippen LogP contribution in [0.15, 0.2) is 47.4 Å². The monoisotopic (exact) mass is 498 g/mol. The van der Waals surface area contributed by atoms with Crippen LogP contribution in [0, 0.1) is 0 Å². The lowest BCUT2D eigenvalue weighted by molar-refractivity contribution is -0.131. The number of amides is 2. The molecule has 0 saturated carbocycles. The van der Waals surface area contributed by atoms with E-state index in [2.05, 4.69) is 5.32 Å². The van der Waals surface area contributed by atoms with Crippen molar-refractivity contribution in [2.75, 3.05) is 51.2 Å². The molecule has 2 heterocycles. The largest absolute Gasteiger partial charge is 0.477 e. The number of carbonyl (C=O) groups is 2. The average Bonchev–Trinajstić information content (AvgIpc) is 3.36. The number of ether oxygens (including phenoxy) is 1. The van der Waals surface area contributed by atoms with Gasteiger partial charge in [-0.25, -0.2) is 8.42 Å². The molecule has 35 heavy (non-hydrogen) atoms. The molecular weight excluding hydrogens is 468 g/mol. The van der Waals surface area contributed by atoms with Crippen molar-refractivity contribution in [3.63, 3.8) is 0 Å². The predicted octanol–water partition coefficient (Wildman–Crippen LogP) is 1.02. The normalized spacial score (nSPS) is 20.1. The number of nitrogens with zero attached hydrogens (tertiary/aromatic N) is 3. The van der Waals surface area contributed by atoms with E-state index in [0.717, 1.165) is 30.5 Å². The van der Waals surface area contributed by atoms with Crippen molar-refractivity contribution in [3.8, 4) is 5.75 Å². The standard InChI is InChI=1S/C25H30N4O5S/c1-26-25(31)23-16-28(21-7-2-3-8-22(21)34-23)17-24(30)27-11-13-29(14-12-27)35(32,33)20-10-9-18-5-4-6-19(18)15-20/h2-3,7-10,15,23H,4-6,11-14,16-17H2,1H3,(H,26,31). The molecule has 0 radical (unpaired) electrons. The van der Waals surface area contributed by atoms with Crippen LogP contribution in [-0.4, -0.2) is 81.9 Å². The molecule has 186 valence electrons. The Bertz CT molecular complexity index is 1240. The highest BCUT2D eigenvalue weighted by Crippen LogP contribution is 2.33. The van der Waals surface area contributed by atoms with Crippen LogP contribution in [0.4, 0.5) is 5.69 Å². The van der Waals surface area contributed by atoms with Crippen LogP contribution in [0.25, 0.3) is 0 Å². The number of likely N-dealkylation sites (N-methyl/N-ethyl adjacent to an activating group) is 1. The lowest BCUT2D eigenvalue weighted by atomic mass is 10.1. The van der Waals surface area contributed by atoms with Gasteiger partial charge in [-0.2, -0.15) is 4.31 Å². The summed E-state index contributed by atoms with van der Waals surface area (Å²) in [5, 5.41) is 2.60. The van der Waals surface area contributed by atoms with Crippen molar-refractivity contribution < 1.29 is 22.7 Å². The van der Waals surface area contributed by atoms with Crippen LogP contribution in [0.5, 0.6) is 5.75 Å². The first kappa shape index (κ1) is 23.6. The summed E-state index contributed by atoms with van der Waals surface area (Å²) < 4.78 is 33.7. The molecule has 1 saturated heterocycles. The van der Waals surface area contributed by atoms with Crippen molar-refractivity contribution in [3.05, 3.63) is 53.6 Å². The van der Waals surface area contributed by atoms with Gasteiger partial charge in [-0.15, -0.1) is 0 Å². The summed E-state index contributed by atoms with van der Waals surface area (Å²) in [6.45, 7) is 1.51. The molecule has 3 aliphatic rings. The Kier molecular flexibility index (Phi) is 6.41. The number of hydrogen-bond donors (Lipinski definition) is 1. The van der Waals surface area contributed by atoms with E-state index >= 15 is 0 Å². The lowest BCUT2D eigenvalue weighted by Crippen LogP contribution is -2.54. The highest BCUT2D eigenvalue weighted by Gasteiger charge is 2.34. The average molecular weight is 499 g/mol. The fourth-order valence-corrected chi connectivity index (χ4v) is 6.53. The summed E-state index contributed by atoms with van der Waals surface area (Å²) in [5.41, 5.74) is 3.13. The van der Waals surface area contributed by atoms with Crippen molar-refractivity contribution in [2.45, 2.75) is 30.3 Å². The number of nitrogens with one attached hydrogen (secondary N) is 1. The molecule has 9 nitrogen and oxygen atoms in total. The molecule has 1 N–H and O–H groups in total. The van der Waals surface area contributed by atoms with Gasteiger partial charge in [0.25, 0.3) is 5.91 Å². The topological polar surface area (TPSA) is 99.3 Å². The second kappa shape index (κ2) is 9.50. The molecular formula is C25H30N4O5S. The number of aryl methyl sites for hydroxylation is 2. The molecule has 0 bridgehead atoms. The summed E-state index contributed by atoms with van der Waals surface area (Å²) in [7, 11) is -2.04. The van der Waals surface area contributed by atoms with Gasteiger partial charge in [0.15, 0.2) is 6.10 Å². The summed E-state index contributed by atoms with van der Waals surface area (Å²) in [6.07, 6.45) is 2.29. The second-order valence-electron chi connectivity index (χ2n) is 9.14. The van der Waals surface area contributed by atoms with E-state index in [9.17, 15) is 18.0 Å². The molecule has 1 atom stereocenters. The minimum Gasteiger partial charge on any atom is -0.477 e. The number of hydrogen-bond acceptors (Lipinski definition) is 6. The van der Waals surface area contributed by atoms with Gasteiger partial charge in [0.1, 0.15) is 5.75 Å². The fourth-order valence-electron chi connectivity index (χ4n) is 5.05. The Balaban J connectivity index is 1.23. The Morgan fingerprint density at radius 2 is 1.77 bits per heavy atom. The van der Waals surface area contributed by atoms with Crippen LogP contribution in [0.1, 0.15) is 17.5 Å². The van der Waals surface area contributed by atoms with Gasteiger partial charge < -0.3 is 19.9 Å². The van der Waals surface area contributed by atoms with E-state index in [-0.39, 0.29) is 38.0 Å². The summed E-state index contributed by atoms with van der Waals surface area (Å²) >= 11 is 0. The predicted molar refractivity (Wildman–Crippen MR) is 131 cm³/mol. The highest BCUT2D eigenvalue weighted by molar-refractivity contribution is 7.89. The van der Waals surface area contributed by atoms with Gasteiger partial charge in [0.05, 0.1) is 23.7 Å². The van der Waals surface area contributed by atoms with Crippen molar-refractivity contribution in [2.24, 2.45) is 0 Å². The molecule has 2 aromatic rings. The number of para-hydroxylation sites is 2. The Morgan fingerprint density at radius 1 is 1.03 bits per heavy atom. The molecule has 1 aliphatic carbocycles. The van der Waals surface area contributed by atoms with Gasteiger partial charge in [0.2, 0.25) is 15.9 Å². The van der Waals surface area contributed by atoms with Crippen LogP contribution in [0.3, 0.4) is 0 Å². The second-order valence-corrected chi connectivity index (χ2v) is 11.1. The van der Waals surface area contributed by atoms with Gasteiger partial charge in [-0.1, -0.05) is 18.2 Å². The van der Waals surface area contributed by atoms with E-state index in [1.165, 1.54) is 9.87 Å². The summed E-state index contributed by atoms with van der Waals surface area (Å²) in [5.74, 6) is 0.208. The number of benzene rings is 2. The van der Waals surface area contributed by atoms with E-state index in [1.807, 2.05) is 35.2 Å². The number of fused-ring (bicyclic) bond motifs is 2. The van der Waals surface area contributed by atoms with Crippen LogP contribution in [0.2, 0.25) is 0 Å². The maximum Gasteiger partial charge on any atom is 0.262 e. The van der Waals surface area contributed by atoms with Gasteiger partial charge in [-0.3, -0.25) is 9.59 Å². The SMILES string of the molecule is CNC(=O)C1CN(CC(=O)N2CCN(S(=O)(=O)c3ccc4c(c3)CCC4)CC2)c2ccccc2O1. The molecule has 2 amide bonds. The zero-order chi connectivity index (χ0) is 24.6. The molecule has 5 rings (SSSR count). The molecule has 0 aromatic heterocycles. The molecule has 10 heteroatoms. The first-order valence-electron chi connectivity index (χ1n) is 12.0. The minimum atomic E-state index is -3.60. The van der Waals surface area contributed by atoms with Crippen molar-refractivity contribution in [1.29, 1.82) is 0 Å². The molecule has 1 unspecified atom stereocenters. The maximum atomic E-state index is 13.2. The van der Waals surface area contributed by atoms with E-state index in [0.29, 0.717) is 23.7 Å². The smallest absolute Gasteiger partial charge is 0.262 e. The number of anilines is 1. The third-order valence-corrected chi connectivity index (χ3v) is 8.92. The Hall–Kier alpha value is -3.11. The third kappa shape index (κ3) is 4.60. The first-order chi connectivity index (χ1) is 16.9. The Labute approximate surface area is 205 Å². The van der Waals surface area contributed by atoms with Gasteiger partial charge >= 0.3 is 0 Å². The van der Waals surface area contributed by atoms with Crippen molar-refractivity contribution in [1.82, 2.24) is 14.5 Å². The molecule has 0 spiro atoms. The number of rotatable bonds is 5. The number of sulfonamides is 1. The van der Waals surface area contributed by atoms with Crippen LogP contribution >= 0.6 is 0 Å². The van der Waals surface area contributed by atoms with E-state index in [4.69, 9.17) is 4.74 Å². The highest BCUT2D eigenvalue weighted by atomic mass is 32.2. The van der Waals surface area contributed by atoms with Crippen LogP contribution in [-0.2, 0) is 32.5 Å². The van der Waals surface area contributed by atoms with E-state index < -0.39 is 16.1 Å². The van der Waals surface area contributed by atoms with Crippen molar-refractivity contribution >= 4 is 27.5 Å². The van der Waals surface area contributed by atoms with Gasteiger partial charge in [0, 0.05) is 33.2 Å². The quantitative estimate of drug-likeness (QED) is 0.661. The first-order valence-corrected chi connectivity index (χ1v) is 13.4. The third-order valence-electron chi connectivity index (χ3n) is 7.03. The zero-order valence-corrected chi connectivity index (χ0v) is 20.6. The molecule has 2 aliphatic heterocycles. The zero-order valence-electron chi connectivity index (χ0n) is 19.8. The fraction of sp³-hybridized carbons (Fsp3) is 0.440. The maximum absolute atomic E-state index is 13.2. The summed E-state index contributed by atoms with van der Waals surface area (Å²) in [4.78, 5) is 29.2. The Morgan fingerprint density at radius 3 is 2.54 bits per heavy atom. The molecule has 2 aromatic carbocycles. The minimum absolute atomic E-state index is 0.0887. The lowest BCUT2D eigenvalue weighted by Gasteiger charge is -2.38. The van der Waals surface area contributed by atoms with E-state index in [1.54, 1.807) is 24.1 Å². The number of piperazine rings is 1. The van der Waals surface area contributed by atoms with Crippen LogP contribution < -0.4 is 15.0 Å².